The highest BCUT2D eigenvalue weighted by Crippen LogP contribution is 2.29. The number of hydrogen-bond acceptors (Lipinski definition) is 3. The SMILES string of the molecule is CC1(C)CCCN1C(=O)c1cc(N)ccn1. The van der Waals surface area contributed by atoms with Crippen molar-refractivity contribution in [2.75, 3.05) is 12.3 Å². The molecule has 0 aromatic carbocycles. The maximum Gasteiger partial charge on any atom is 0.272 e. The van der Waals surface area contributed by atoms with Crippen molar-refractivity contribution in [3.05, 3.63) is 24.0 Å². The molecule has 1 aliphatic heterocycles. The molecule has 0 bridgehead atoms. The van der Waals surface area contributed by atoms with Crippen molar-refractivity contribution >= 4 is 11.6 Å². The monoisotopic (exact) mass is 219 g/mol. The fourth-order valence-electron chi connectivity index (χ4n) is 2.19. The van der Waals surface area contributed by atoms with Gasteiger partial charge in [-0.3, -0.25) is 9.78 Å². The highest BCUT2D eigenvalue weighted by atomic mass is 16.2. The van der Waals surface area contributed by atoms with E-state index < -0.39 is 0 Å². The molecule has 0 spiro atoms. The first-order chi connectivity index (χ1) is 7.50. The van der Waals surface area contributed by atoms with E-state index in [0.717, 1.165) is 19.4 Å². The second kappa shape index (κ2) is 3.77. The molecular formula is C12H17N3O. The van der Waals surface area contributed by atoms with Crippen molar-refractivity contribution in [3.8, 4) is 0 Å². The van der Waals surface area contributed by atoms with Crippen molar-refractivity contribution < 1.29 is 4.79 Å². The van der Waals surface area contributed by atoms with Crippen LogP contribution in [0.25, 0.3) is 0 Å². The predicted octanol–water partition coefficient (Wildman–Crippen LogP) is 1.68. The van der Waals surface area contributed by atoms with Gasteiger partial charge in [0.25, 0.3) is 5.91 Å². The van der Waals surface area contributed by atoms with E-state index in [1.807, 2.05) is 4.90 Å². The minimum Gasteiger partial charge on any atom is -0.399 e. The summed E-state index contributed by atoms with van der Waals surface area (Å²) in [7, 11) is 0. The molecule has 1 aromatic rings. The number of aromatic nitrogens is 1. The van der Waals surface area contributed by atoms with E-state index in [1.165, 1.54) is 0 Å². The Bertz CT molecular complexity index is 414. The summed E-state index contributed by atoms with van der Waals surface area (Å²) in [5, 5.41) is 0. The topological polar surface area (TPSA) is 59.2 Å². The number of hydrogen-bond donors (Lipinski definition) is 1. The number of likely N-dealkylation sites (tertiary alicyclic amines) is 1. The summed E-state index contributed by atoms with van der Waals surface area (Å²) in [6, 6.07) is 3.32. The van der Waals surface area contributed by atoms with Crippen molar-refractivity contribution in [1.82, 2.24) is 9.88 Å². The third-order valence-corrected chi connectivity index (χ3v) is 3.15. The highest BCUT2D eigenvalue weighted by molar-refractivity contribution is 5.93. The Hall–Kier alpha value is -1.58. The minimum atomic E-state index is -0.0661. The van der Waals surface area contributed by atoms with Gasteiger partial charge in [-0.15, -0.1) is 0 Å². The molecule has 1 aromatic heterocycles. The summed E-state index contributed by atoms with van der Waals surface area (Å²) >= 11 is 0. The van der Waals surface area contributed by atoms with E-state index >= 15 is 0 Å². The molecule has 16 heavy (non-hydrogen) atoms. The van der Waals surface area contributed by atoms with Gasteiger partial charge in [0.1, 0.15) is 5.69 Å². The summed E-state index contributed by atoms with van der Waals surface area (Å²) in [6.45, 7) is 4.98. The van der Waals surface area contributed by atoms with Gasteiger partial charge in [-0.25, -0.2) is 0 Å². The third-order valence-electron chi connectivity index (χ3n) is 3.15. The van der Waals surface area contributed by atoms with E-state index in [2.05, 4.69) is 18.8 Å². The van der Waals surface area contributed by atoms with Gasteiger partial charge in [0.05, 0.1) is 0 Å². The Kier molecular flexibility index (Phi) is 2.58. The number of nitrogen functional groups attached to an aromatic ring is 1. The number of carbonyl (C=O) groups excluding carboxylic acids is 1. The maximum atomic E-state index is 12.2. The lowest BCUT2D eigenvalue weighted by Gasteiger charge is -2.31. The normalized spacial score (nSPS) is 18.8. The van der Waals surface area contributed by atoms with Crippen LogP contribution in [-0.4, -0.2) is 27.9 Å². The van der Waals surface area contributed by atoms with Gasteiger partial charge >= 0.3 is 0 Å². The quantitative estimate of drug-likeness (QED) is 0.781. The molecule has 1 fully saturated rings. The molecule has 0 unspecified atom stereocenters. The minimum absolute atomic E-state index is 0.0187. The summed E-state index contributed by atoms with van der Waals surface area (Å²) < 4.78 is 0. The largest absolute Gasteiger partial charge is 0.399 e. The van der Waals surface area contributed by atoms with Crippen molar-refractivity contribution in [1.29, 1.82) is 0 Å². The summed E-state index contributed by atoms with van der Waals surface area (Å²) in [5.41, 5.74) is 6.60. The van der Waals surface area contributed by atoms with Gasteiger partial charge < -0.3 is 10.6 Å². The number of nitrogens with zero attached hydrogens (tertiary/aromatic N) is 2. The van der Waals surface area contributed by atoms with Crippen LogP contribution in [0.2, 0.25) is 0 Å². The van der Waals surface area contributed by atoms with Crippen LogP contribution in [0.3, 0.4) is 0 Å². The Balaban J connectivity index is 2.26. The van der Waals surface area contributed by atoms with Gasteiger partial charge in [-0.1, -0.05) is 0 Å². The van der Waals surface area contributed by atoms with Crippen LogP contribution in [0.4, 0.5) is 5.69 Å². The lowest BCUT2D eigenvalue weighted by atomic mass is 10.0. The molecule has 2 rings (SSSR count). The van der Waals surface area contributed by atoms with E-state index in [-0.39, 0.29) is 11.4 Å². The standard InChI is InChI=1S/C12H17N3O/c1-12(2)5-3-7-15(12)11(16)10-8-9(13)4-6-14-10/h4,6,8H,3,5,7H2,1-2H3,(H2,13,14). The zero-order chi connectivity index (χ0) is 11.8. The number of pyridine rings is 1. The molecule has 2 N–H and O–H groups in total. The van der Waals surface area contributed by atoms with Crippen LogP contribution in [0.1, 0.15) is 37.2 Å². The van der Waals surface area contributed by atoms with Crippen LogP contribution in [0, 0.1) is 0 Å². The van der Waals surface area contributed by atoms with Crippen molar-refractivity contribution in [3.63, 3.8) is 0 Å². The zero-order valence-corrected chi connectivity index (χ0v) is 9.73. The number of amides is 1. The number of anilines is 1. The van der Waals surface area contributed by atoms with Crippen LogP contribution in [0.15, 0.2) is 18.3 Å². The van der Waals surface area contributed by atoms with Crippen LogP contribution < -0.4 is 5.73 Å². The summed E-state index contributed by atoms with van der Waals surface area (Å²) in [5.74, 6) is -0.0187. The Morgan fingerprint density at radius 1 is 1.56 bits per heavy atom. The lowest BCUT2D eigenvalue weighted by molar-refractivity contribution is 0.0646. The predicted molar refractivity (Wildman–Crippen MR) is 63.0 cm³/mol. The zero-order valence-electron chi connectivity index (χ0n) is 9.73. The maximum absolute atomic E-state index is 12.2. The van der Waals surface area contributed by atoms with E-state index in [0.29, 0.717) is 11.4 Å². The molecule has 86 valence electrons. The molecule has 4 heteroatoms. The average molecular weight is 219 g/mol. The van der Waals surface area contributed by atoms with E-state index in [1.54, 1.807) is 18.3 Å². The smallest absolute Gasteiger partial charge is 0.272 e. The molecule has 0 radical (unpaired) electrons. The Labute approximate surface area is 95.5 Å². The van der Waals surface area contributed by atoms with Crippen molar-refractivity contribution in [2.45, 2.75) is 32.2 Å². The summed E-state index contributed by atoms with van der Waals surface area (Å²) in [4.78, 5) is 18.2. The van der Waals surface area contributed by atoms with Crippen LogP contribution in [0.5, 0.6) is 0 Å². The molecule has 4 nitrogen and oxygen atoms in total. The van der Waals surface area contributed by atoms with Gasteiger partial charge in [-0.2, -0.15) is 0 Å². The molecule has 1 saturated heterocycles. The van der Waals surface area contributed by atoms with Gasteiger partial charge in [-0.05, 0) is 38.8 Å². The first kappa shape index (κ1) is 10.9. The van der Waals surface area contributed by atoms with Gasteiger partial charge in [0, 0.05) is 24.0 Å². The first-order valence-corrected chi connectivity index (χ1v) is 5.54. The lowest BCUT2D eigenvalue weighted by Crippen LogP contribution is -2.42. The fourth-order valence-corrected chi connectivity index (χ4v) is 2.19. The Morgan fingerprint density at radius 3 is 2.88 bits per heavy atom. The molecule has 0 saturated carbocycles. The molecule has 0 aliphatic carbocycles. The van der Waals surface area contributed by atoms with Crippen molar-refractivity contribution in [2.24, 2.45) is 0 Å². The average Bonchev–Trinajstić information content (AvgIpc) is 2.57. The third kappa shape index (κ3) is 1.87. The van der Waals surface area contributed by atoms with E-state index in [4.69, 9.17) is 5.73 Å². The molecule has 2 heterocycles. The number of nitrogens with two attached hydrogens (primary N) is 1. The number of rotatable bonds is 1. The van der Waals surface area contributed by atoms with Gasteiger partial charge in [0.2, 0.25) is 0 Å². The second-order valence-corrected chi connectivity index (χ2v) is 4.85. The second-order valence-electron chi connectivity index (χ2n) is 4.85. The van der Waals surface area contributed by atoms with Gasteiger partial charge in [0.15, 0.2) is 0 Å². The number of carbonyl (C=O) groups is 1. The van der Waals surface area contributed by atoms with E-state index in [9.17, 15) is 4.79 Å². The molecule has 1 aliphatic rings. The molecule has 0 atom stereocenters. The van der Waals surface area contributed by atoms with Crippen LogP contribution >= 0.6 is 0 Å². The first-order valence-electron chi connectivity index (χ1n) is 5.54. The Morgan fingerprint density at radius 2 is 2.31 bits per heavy atom. The fraction of sp³-hybridized carbons (Fsp3) is 0.500. The summed E-state index contributed by atoms with van der Waals surface area (Å²) in [6.07, 6.45) is 3.67. The van der Waals surface area contributed by atoms with Crippen LogP contribution in [-0.2, 0) is 0 Å². The molecule has 1 amide bonds. The molecular weight excluding hydrogens is 202 g/mol. The highest BCUT2D eigenvalue weighted by Gasteiger charge is 2.36.